The second kappa shape index (κ2) is 6.14. The van der Waals surface area contributed by atoms with E-state index in [1.165, 1.54) is 12.8 Å². The number of hydrogen-bond donors (Lipinski definition) is 1. The smallest absolute Gasteiger partial charge is 0.265 e. The van der Waals surface area contributed by atoms with E-state index in [1.54, 1.807) is 0 Å². The average molecular weight is 339 g/mol. The van der Waals surface area contributed by atoms with Crippen LogP contribution in [0.5, 0.6) is 5.75 Å². The van der Waals surface area contributed by atoms with Crippen LogP contribution in [0.4, 0.5) is 5.69 Å². The van der Waals surface area contributed by atoms with Crippen molar-refractivity contribution in [2.75, 3.05) is 31.1 Å². The third kappa shape index (κ3) is 2.99. The number of halogens is 1. The Morgan fingerprint density at radius 2 is 2.15 bits per heavy atom. The summed E-state index contributed by atoms with van der Waals surface area (Å²) in [6, 6.07) is 5.83. The van der Waals surface area contributed by atoms with Crippen LogP contribution < -0.4 is 15.0 Å². The minimum atomic E-state index is 0.0598. The molecular weight excluding hydrogens is 320 g/mol. The highest BCUT2D eigenvalue weighted by Gasteiger charge is 2.26. The molecule has 0 unspecified atom stereocenters. The molecule has 1 fully saturated rings. The highest BCUT2D eigenvalue weighted by molar-refractivity contribution is 9.10. The number of carbonyl (C=O) groups is 1. The predicted molar refractivity (Wildman–Crippen MR) is 82.2 cm³/mol. The molecule has 1 saturated heterocycles. The summed E-state index contributed by atoms with van der Waals surface area (Å²) in [6.45, 7) is 3.14. The van der Waals surface area contributed by atoms with Crippen LogP contribution in [0.2, 0.25) is 0 Å². The van der Waals surface area contributed by atoms with Gasteiger partial charge in [0.25, 0.3) is 5.91 Å². The van der Waals surface area contributed by atoms with Gasteiger partial charge in [-0.2, -0.15) is 0 Å². The molecule has 1 aromatic rings. The molecular formula is C15H19BrN2O2. The summed E-state index contributed by atoms with van der Waals surface area (Å²) >= 11 is 3.46. The second-order valence-corrected chi connectivity index (χ2v) is 6.34. The van der Waals surface area contributed by atoms with Gasteiger partial charge in [-0.3, -0.25) is 4.79 Å². The van der Waals surface area contributed by atoms with Crippen molar-refractivity contribution in [3.8, 4) is 5.75 Å². The molecule has 108 valence electrons. The van der Waals surface area contributed by atoms with Crippen molar-refractivity contribution in [3.05, 3.63) is 22.7 Å². The molecule has 4 nitrogen and oxygen atoms in total. The number of rotatable bonds is 3. The Labute approximate surface area is 127 Å². The van der Waals surface area contributed by atoms with Gasteiger partial charge < -0.3 is 15.0 Å². The summed E-state index contributed by atoms with van der Waals surface area (Å²) in [5.41, 5.74) is 0.893. The minimum Gasteiger partial charge on any atom is -0.482 e. The predicted octanol–water partition coefficient (Wildman–Crippen LogP) is 2.56. The van der Waals surface area contributed by atoms with Gasteiger partial charge in [0.1, 0.15) is 5.75 Å². The molecule has 0 radical (unpaired) electrons. The topological polar surface area (TPSA) is 41.6 Å². The van der Waals surface area contributed by atoms with Gasteiger partial charge in [-0.1, -0.05) is 15.9 Å². The fraction of sp³-hybridized carbons (Fsp3) is 0.533. The molecule has 1 N–H and O–H groups in total. The molecule has 0 saturated carbocycles. The van der Waals surface area contributed by atoms with Crippen LogP contribution in [0.25, 0.3) is 0 Å². The molecule has 0 aliphatic carbocycles. The Bertz CT molecular complexity index is 501. The first-order valence-corrected chi connectivity index (χ1v) is 7.97. The van der Waals surface area contributed by atoms with Crippen molar-refractivity contribution >= 4 is 27.5 Å². The highest BCUT2D eigenvalue weighted by atomic mass is 79.9. The molecule has 2 aliphatic rings. The average Bonchev–Trinajstić information content (AvgIpc) is 2.47. The number of amides is 1. The fourth-order valence-electron chi connectivity index (χ4n) is 2.90. The summed E-state index contributed by atoms with van der Waals surface area (Å²) < 4.78 is 6.46. The Morgan fingerprint density at radius 3 is 2.95 bits per heavy atom. The number of carbonyl (C=O) groups excluding carboxylic acids is 1. The van der Waals surface area contributed by atoms with Crippen LogP contribution in [0.15, 0.2) is 22.7 Å². The molecule has 5 heteroatoms. The zero-order chi connectivity index (χ0) is 13.9. The van der Waals surface area contributed by atoms with Crippen LogP contribution in [0.1, 0.15) is 19.3 Å². The number of piperidine rings is 1. The van der Waals surface area contributed by atoms with Crippen LogP contribution in [-0.2, 0) is 4.79 Å². The molecule has 0 aromatic heterocycles. The number of anilines is 1. The molecule has 0 bridgehead atoms. The molecule has 1 amide bonds. The van der Waals surface area contributed by atoms with Crippen molar-refractivity contribution in [1.29, 1.82) is 0 Å². The van der Waals surface area contributed by atoms with Crippen molar-refractivity contribution < 1.29 is 9.53 Å². The monoisotopic (exact) mass is 338 g/mol. The normalized spacial score (nSPS) is 19.6. The van der Waals surface area contributed by atoms with E-state index in [0.29, 0.717) is 0 Å². The summed E-state index contributed by atoms with van der Waals surface area (Å²) in [7, 11) is 0. The van der Waals surface area contributed by atoms with Gasteiger partial charge in [0, 0.05) is 11.0 Å². The first-order valence-electron chi connectivity index (χ1n) is 7.17. The Balaban J connectivity index is 1.71. The lowest BCUT2D eigenvalue weighted by Crippen LogP contribution is -2.40. The Kier molecular flexibility index (Phi) is 4.27. The number of ether oxygens (including phenoxy) is 1. The quantitative estimate of drug-likeness (QED) is 0.920. The molecule has 0 spiro atoms. The number of nitrogens with zero attached hydrogens (tertiary/aromatic N) is 1. The molecule has 0 atom stereocenters. The summed E-state index contributed by atoms with van der Waals surface area (Å²) in [5.74, 6) is 1.59. The SMILES string of the molecule is O=C1COc2ccc(Br)cc2N1CCC1CCNCC1. The van der Waals surface area contributed by atoms with E-state index in [9.17, 15) is 4.79 Å². The molecule has 2 aliphatic heterocycles. The van der Waals surface area contributed by atoms with E-state index in [2.05, 4.69) is 21.2 Å². The van der Waals surface area contributed by atoms with Gasteiger partial charge in [0.05, 0.1) is 5.69 Å². The van der Waals surface area contributed by atoms with Gasteiger partial charge >= 0.3 is 0 Å². The maximum absolute atomic E-state index is 12.1. The Hall–Kier alpha value is -1.07. The van der Waals surface area contributed by atoms with E-state index < -0.39 is 0 Å². The summed E-state index contributed by atoms with van der Waals surface area (Å²) in [6.07, 6.45) is 3.49. The molecule has 2 heterocycles. The van der Waals surface area contributed by atoms with Crippen LogP contribution in [0.3, 0.4) is 0 Å². The molecule has 20 heavy (non-hydrogen) atoms. The van der Waals surface area contributed by atoms with Crippen LogP contribution in [-0.4, -0.2) is 32.1 Å². The number of benzene rings is 1. The largest absolute Gasteiger partial charge is 0.482 e. The van der Waals surface area contributed by atoms with Gasteiger partial charge in [-0.15, -0.1) is 0 Å². The zero-order valence-electron chi connectivity index (χ0n) is 11.4. The van der Waals surface area contributed by atoms with Crippen molar-refractivity contribution in [2.24, 2.45) is 5.92 Å². The maximum Gasteiger partial charge on any atom is 0.265 e. The lowest BCUT2D eigenvalue weighted by atomic mass is 9.94. The fourth-order valence-corrected chi connectivity index (χ4v) is 3.25. The Morgan fingerprint density at radius 1 is 1.35 bits per heavy atom. The van der Waals surface area contributed by atoms with Crippen LogP contribution >= 0.6 is 15.9 Å². The molecule has 3 rings (SSSR count). The van der Waals surface area contributed by atoms with Gasteiger partial charge in [-0.25, -0.2) is 0 Å². The van der Waals surface area contributed by atoms with E-state index in [1.807, 2.05) is 23.1 Å². The highest BCUT2D eigenvalue weighted by Crippen LogP contribution is 2.35. The maximum atomic E-state index is 12.1. The third-order valence-corrected chi connectivity index (χ3v) is 4.58. The first-order chi connectivity index (χ1) is 9.74. The van der Waals surface area contributed by atoms with Gasteiger partial charge in [0.2, 0.25) is 0 Å². The van der Waals surface area contributed by atoms with E-state index in [0.717, 1.165) is 47.9 Å². The second-order valence-electron chi connectivity index (χ2n) is 5.43. The summed E-state index contributed by atoms with van der Waals surface area (Å²) in [5, 5.41) is 3.38. The van der Waals surface area contributed by atoms with E-state index in [4.69, 9.17) is 4.74 Å². The number of nitrogens with one attached hydrogen (secondary N) is 1. The van der Waals surface area contributed by atoms with Crippen molar-refractivity contribution in [1.82, 2.24) is 5.32 Å². The van der Waals surface area contributed by atoms with E-state index in [-0.39, 0.29) is 12.5 Å². The van der Waals surface area contributed by atoms with Gasteiger partial charge in [-0.05, 0) is 56.5 Å². The number of fused-ring (bicyclic) bond motifs is 1. The lowest BCUT2D eigenvalue weighted by molar-refractivity contribution is -0.121. The first kappa shape index (κ1) is 13.9. The lowest BCUT2D eigenvalue weighted by Gasteiger charge is -2.31. The van der Waals surface area contributed by atoms with Gasteiger partial charge in [0.15, 0.2) is 6.61 Å². The van der Waals surface area contributed by atoms with Crippen LogP contribution in [0, 0.1) is 5.92 Å². The van der Waals surface area contributed by atoms with Crippen molar-refractivity contribution in [2.45, 2.75) is 19.3 Å². The zero-order valence-corrected chi connectivity index (χ0v) is 13.0. The molecule has 1 aromatic carbocycles. The third-order valence-electron chi connectivity index (χ3n) is 4.08. The minimum absolute atomic E-state index is 0.0598. The summed E-state index contributed by atoms with van der Waals surface area (Å²) in [4.78, 5) is 14.0. The standard InChI is InChI=1S/C15H19BrN2O2/c16-12-1-2-14-13(9-12)18(15(19)10-20-14)8-5-11-3-6-17-7-4-11/h1-2,9,11,17H,3-8,10H2. The number of hydrogen-bond acceptors (Lipinski definition) is 3. The van der Waals surface area contributed by atoms with E-state index >= 15 is 0 Å². The van der Waals surface area contributed by atoms with Crippen molar-refractivity contribution in [3.63, 3.8) is 0 Å².